The van der Waals surface area contributed by atoms with Crippen LogP contribution in [-0.2, 0) is 23.8 Å². The number of pyridine rings is 1. The Bertz CT molecular complexity index is 1230. The number of nitrogens with two attached hydrogens (primary N) is 1. The number of halogens is 1. The van der Waals surface area contributed by atoms with Crippen LogP contribution in [0.25, 0.3) is 11.1 Å². The molecule has 1 fully saturated rings. The lowest BCUT2D eigenvalue weighted by Crippen LogP contribution is -2.47. The Hall–Kier alpha value is -3.58. The maximum Gasteiger partial charge on any atom is 0.416 e. The number of hydrogen-bond acceptors (Lipinski definition) is 9. The lowest BCUT2D eigenvalue weighted by atomic mass is 10.0. The first-order chi connectivity index (χ1) is 15.4. The Balaban J connectivity index is 1.92. The van der Waals surface area contributed by atoms with Gasteiger partial charge in [-0.1, -0.05) is 0 Å². The maximum absolute atomic E-state index is 15.0. The number of carbonyl (C=O) groups excluding carboxylic acids is 3. The van der Waals surface area contributed by atoms with Crippen LogP contribution in [0, 0.1) is 5.82 Å². The largest absolute Gasteiger partial charge is 0.445 e. The average Bonchev–Trinajstić information content (AvgIpc) is 3.12. The van der Waals surface area contributed by atoms with Crippen LogP contribution >= 0.6 is 0 Å². The van der Waals surface area contributed by atoms with E-state index in [0.29, 0.717) is 0 Å². The molecule has 0 aliphatic carbocycles. The van der Waals surface area contributed by atoms with Crippen LogP contribution in [0.3, 0.4) is 0 Å². The quantitative estimate of drug-likeness (QED) is 0.458. The highest BCUT2D eigenvalue weighted by Gasteiger charge is 2.38. The van der Waals surface area contributed by atoms with Crippen LogP contribution in [0.1, 0.15) is 17.3 Å². The number of amides is 2. The van der Waals surface area contributed by atoms with Crippen molar-refractivity contribution in [3.05, 3.63) is 41.8 Å². The van der Waals surface area contributed by atoms with Crippen molar-refractivity contribution < 1.29 is 36.1 Å². The van der Waals surface area contributed by atoms with Gasteiger partial charge in [-0.05, 0) is 24.3 Å². The number of aromatic nitrogens is 1. The number of nitrogen functional groups attached to an aromatic ring is 1. The Morgan fingerprint density at radius 1 is 1.36 bits per heavy atom. The van der Waals surface area contributed by atoms with Gasteiger partial charge in [-0.25, -0.2) is 14.2 Å². The van der Waals surface area contributed by atoms with Gasteiger partial charge in [0.25, 0.3) is 10.1 Å². The number of Topliss-reactive ketones (excluding diaryl/α,β-unsaturated/α-hetero) is 1. The molecule has 1 aromatic heterocycles. The van der Waals surface area contributed by atoms with Crippen LogP contribution in [-0.4, -0.2) is 68.8 Å². The first kappa shape index (κ1) is 24.1. The summed E-state index contributed by atoms with van der Waals surface area (Å²) in [6, 6.07) is 5.19. The third-order valence-corrected chi connectivity index (χ3v) is 5.51. The number of cyclic esters (lactones) is 1. The van der Waals surface area contributed by atoms with Gasteiger partial charge in [-0.15, -0.1) is 0 Å². The summed E-state index contributed by atoms with van der Waals surface area (Å²) in [6.07, 6.45) is 0.577. The molecule has 176 valence electrons. The number of hydrogen-bond donors (Lipinski definition) is 1. The van der Waals surface area contributed by atoms with Crippen LogP contribution < -0.4 is 10.6 Å². The zero-order valence-electron chi connectivity index (χ0n) is 17.9. The smallest absolute Gasteiger partial charge is 0.416 e. The van der Waals surface area contributed by atoms with Gasteiger partial charge in [-0.3, -0.25) is 18.7 Å². The molecule has 1 aliphatic rings. The second kappa shape index (κ2) is 9.11. The van der Waals surface area contributed by atoms with Crippen molar-refractivity contribution >= 4 is 39.4 Å². The predicted octanol–water partition coefficient (Wildman–Crippen LogP) is 1.39. The number of rotatable bonds is 7. The fraction of sp³-hybridized carbons (Fsp3) is 0.300. The van der Waals surface area contributed by atoms with Gasteiger partial charge in [0.05, 0.1) is 17.5 Å². The van der Waals surface area contributed by atoms with Crippen molar-refractivity contribution in [2.75, 3.05) is 37.2 Å². The molecule has 0 radical (unpaired) electrons. The molecule has 1 saturated heterocycles. The highest BCUT2D eigenvalue weighted by Crippen LogP contribution is 2.31. The molecule has 0 unspecified atom stereocenters. The minimum Gasteiger partial charge on any atom is -0.445 e. The molecule has 13 heteroatoms. The first-order valence-corrected chi connectivity index (χ1v) is 11.3. The summed E-state index contributed by atoms with van der Waals surface area (Å²) in [6.45, 7) is 0.484. The molecule has 2 aromatic rings. The summed E-state index contributed by atoms with van der Waals surface area (Å²) in [5.74, 6) is -1.97. The van der Waals surface area contributed by atoms with Gasteiger partial charge in [0.2, 0.25) is 5.91 Å². The Morgan fingerprint density at radius 3 is 2.67 bits per heavy atom. The normalized spacial score (nSPS) is 15.9. The zero-order chi connectivity index (χ0) is 24.5. The first-order valence-electron chi connectivity index (χ1n) is 9.51. The molecule has 33 heavy (non-hydrogen) atoms. The highest BCUT2D eigenvalue weighted by atomic mass is 32.2. The number of carbonyl (C=O) groups is 3. The number of ketones is 1. The number of ether oxygens (including phenoxy) is 1. The Labute approximate surface area is 189 Å². The summed E-state index contributed by atoms with van der Waals surface area (Å²) in [5.41, 5.74) is 5.99. The van der Waals surface area contributed by atoms with Crippen molar-refractivity contribution in [3.8, 4) is 11.1 Å². The summed E-state index contributed by atoms with van der Waals surface area (Å²) >= 11 is 0. The van der Waals surface area contributed by atoms with Gasteiger partial charge in [0.1, 0.15) is 31.0 Å². The van der Waals surface area contributed by atoms with Gasteiger partial charge in [0.15, 0.2) is 5.78 Å². The molecule has 1 aliphatic heterocycles. The fourth-order valence-corrected chi connectivity index (χ4v) is 3.48. The molecular formula is C20H21FN4O7S. The van der Waals surface area contributed by atoms with Crippen molar-refractivity contribution in [1.82, 2.24) is 9.88 Å². The minimum absolute atomic E-state index is 0.0494. The van der Waals surface area contributed by atoms with Gasteiger partial charge in [0, 0.05) is 31.3 Å². The third kappa shape index (κ3) is 5.26. The van der Waals surface area contributed by atoms with E-state index in [4.69, 9.17) is 10.5 Å². The second-order valence-electron chi connectivity index (χ2n) is 7.27. The topological polar surface area (TPSA) is 149 Å². The average molecular weight is 480 g/mol. The Morgan fingerprint density at radius 2 is 2.06 bits per heavy atom. The van der Waals surface area contributed by atoms with Crippen molar-refractivity contribution in [3.63, 3.8) is 0 Å². The zero-order valence-corrected chi connectivity index (χ0v) is 18.8. The summed E-state index contributed by atoms with van der Waals surface area (Å²) in [4.78, 5) is 42.6. The van der Waals surface area contributed by atoms with E-state index in [-0.39, 0.29) is 40.7 Å². The van der Waals surface area contributed by atoms with Gasteiger partial charge in [-0.2, -0.15) is 8.42 Å². The van der Waals surface area contributed by atoms with Crippen molar-refractivity contribution in [1.29, 1.82) is 0 Å². The third-order valence-electron chi connectivity index (χ3n) is 4.96. The monoisotopic (exact) mass is 480 g/mol. The molecule has 0 spiro atoms. The molecule has 0 saturated carbocycles. The number of anilines is 2. The predicted molar refractivity (Wildman–Crippen MR) is 115 cm³/mol. The fourth-order valence-electron chi connectivity index (χ4n) is 3.16. The summed E-state index contributed by atoms with van der Waals surface area (Å²) in [5, 5.41) is 0. The van der Waals surface area contributed by atoms with E-state index in [2.05, 4.69) is 9.17 Å². The lowest BCUT2D eigenvalue weighted by molar-refractivity contribution is -0.129. The minimum atomic E-state index is -3.85. The number of nitrogens with zero attached hydrogens (tertiary/aromatic N) is 3. The van der Waals surface area contributed by atoms with Crippen molar-refractivity contribution in [2.24, 2.45) is 0 Å². The Kier molecular flexibility index (Phi) is 6.65. The van der Waals surface area contributed by atoms with E-state index in [9.17, 15) is 22.8 Å². The molecule has 2 N–H and O–H groups in total. The van der Waals surface area contributed by atoms with Crippen LogP contribution in [0.2, 0.25) is 0 Å². The highest BCUT2D eigenvalue weighted by molar-refractivity contribution is 7.86. The molecule has 1 aromatic carbocycles. The van der Waals surface area contributed by atoms with E-state index in [1.165, 1.54) is 43.3 Å². The number of likely N-dealkylation sites (N-methyl/N-ethyl adjacent to an activating group) is 1. The summed E-state index contributed by atoms with van der Waals surface area (Å²) in [7, 11) is -2.35. The van der Waals surface area contributed by atoms with E-state index in [1.807, 2.05) is 0 Å². The second-order valence-corrected chi connectivity index (χ2v) is 8.91. The molecular weight excluding hydrogens is 459 g/mol. The van der Waals surface area contributed by atoms with Crippen LogP contribution in [0.5, 0.6) is 0 Å². The van der Waals surface area contributed by atoms with E-state index in [1.54, 1.807) is 0 Å². The SMILES string of the molecule is CC(=O)N(C)[C@@H]1COC(=O)N1c1ccc(-c2cnc(N)c(C(=O)COS(C)(=O)=O)c2)c(F)c1. The molecule has 1 atom stereocenters. The van der Waals surface area contributed by atoms with E-state index in [0.717, 1.165) is 17.2 Å². The van der Waals surface area contributed by atoms with Crippen LogP contribution in [0.15, 0.2) is 30.5 Å². The molecule has 2 amide bonds. The standard InChI is InChI=1S/C20H21FN4O7S/c1-11(26)24(2)18-10-31-20(28)25(18)13-4-5-14(16(21)7-13)12-6-15(19(22)23-8-12)17(27)9-32-33(3,29)30/h4-8,18H,9-10H2,1-3H3,(H2,22,23)/t18-/m0/s1. The molecule has 11 nitrogen and oxygen atoms in total. The summed E-state index contributed by atoms with van der Waals surface area (Å²) < 4.78 is 46.8. The van der Waals surface area contributed by atoms with Gasteiger partial charge >= 0.3 is 6.09 Å². The van der Waals surface area contributed by atoms with E-state index >= 15 is 4.39 Å². The van der Waals surface area contributed by atoms with Crippen molar-refractivity contribution in [2.45, 2.75) is 13.1 Å². The molecule has 3 rings (SSSR count). The van der Waals surface area contributed by atoms with E-state index < -0.39 is 40.6 Å². The molecule has 2 heterocycles. The lowest BCUT2D eigenvalue weighted by Gasteiger charge is -2.29. The van der Waals surface area contributed by atoms with Gasteiger partial charge < -0.3 is 15.4 Å². The van der Waals surface area contributed by atoms with Crippen LogP contribution in [0.4, 0.5) is 20.7 Å². The molecule has 0 bridgehead atoms. The maximum atomic E-state index is 15.0. The number of benzene rings is 1.